The third kappa shape index (κ3) is 4.77. The zero-order chi connectivity index (χ0) is 34.1. The molecule has 242 valence electrons. The molecule has 0 aliphatic rings. The monoisotopic (exact) mass is 670 g/mol. The van der Waals surface area contributed by atoms with Gasteiger partial charge in [0.1, 0.15) is 0 Å². The van der Waals surface area contributed by atoms with Gasteiger partial charge in [-0.1, -0.05) is 97.1 Å². The number of benzene rings is 8. The van der Waals surface area contributed by atoms with Gasteiger partial charge in [-0.05, 0) is 120 Å². The standard InChI is InChI=1S/C48H34N2S/c1-31-13-9-10-18-38(31)48-32(2)21-22-33-27-42-43-28-36(24-26-44(43)50(45(42)30-41(33)48)35-16-7-4-8-17-35)49(34-14-5-3-6-15-34)37-23-25-40-39-19-11-12-20-46(39)51-47(40)29-37/h3-30H,1-2H3. The third-order valence-corrected chi connectivity index (χ3v) is 11.6. The molecule has 0 spiro atoms. The van der Waals surface area contributed by atoms with Crippen LogP contribution in [-0.4, -0.2) is 4.57 Å². The Kier molecular flexibility index (Phi) is 6.83. The van der Waals surface area contributed by atoms with Gasteiger partial charge in [0, 0.05) is 53.7 Å². The van der Waals surface area contributed by atoms with Crippen LogP contribution in [0.1, 0.15) is 11.1 Å². The van der Waals surface area contributed by atoms with Crippen molar-refractivity contribution in [1.29, 1.82) is 0 Å². The molecular weight excluding hydrogens is 637 g/mol. The van der Waals surface area contributed by atoms with E-state index in [-0.39, 0.29) is 0 Å². The fraction of sp³-hybridized carbons (Fsp3) is 0.0417. The minimum absolute atomic E-state index is 1.13. The Bertz CT molecular complexity index is 2930. The molecule has 0 aliphatic heterocycles. The van der Waals surface area contributed by atoms with Crippen molar-refractivity contribution >= 4 is 81.1 Å². The van der Waals surface area contributed by atoms with Crippen molar-refractivity contribution < 1.29 is 0 Å². The van der Waals surface area contributed by atoms with Crippen LogP contribution in [0.4, 0.5) is 17.1 Å². The van der Waals surface area contributed by atoms with Crippen molar-refractivity contribution in [1.82, 2.24) is 4.57 Å². The first-order chi connectivity index (χ1) is 25.1. The zero-order valence-corrected chi connectivity index (χ0v) is 29.3. The van der Waals surface area contributed by atoms with Crippen LogP contribution in [0.2, 0.25) is 0 Å². The highest BCUT2D eigenvalue weighted by Crippen LogP contribution is 2.44. The highest BCUT2D eigenvalue weighted by Gasteiger charge is 2.20. The molecule has 0 saturated carbocycles. The molecule has 0 bridgehead atoms. The van der Waals surface area contributed by atoms with Crippen LogP contribution >= 0.6 is 11.3 Å². The molecule has 10 aromatic rings. The summed E-state index contributed by atoms with van der Waals surface area (Å²) in [5.74, 6) is 0. The number of aryl methyl sites for hydroxylation is 2. The van der Waals surface area contributed by atoms with Gasteiger partial charge in [-0.25, -0.2) is 0 Å². The highest BCUT2D eigenvalue weighted by atomic mass is 32.1. The van der Waals surface area contributed by atoms with Crippen LogP contribution in [0.3, 0.4) is 0 Å². The molecule has 0 atom stereocenters. The first-order valence-electron chi connectivity index (χ1n) is 17.5. The summed E-state index contributed by atoms with van der Waals surface area (Å²) in [6, 6.07) is 62.3. The molecule has 2 nitrogen and oxygen atoms in total. The second-order valence-corrected chi connectivity index (χ2v) is 14.6. The summed E-state index contributed by atoms with van der Waals surface area (Å²) in [6.45, 7) is 4.45. The topological polar surface area (TPSA) is 8.17 Å². The molecule has 2 heterocycles. The number of hydrogen-bond donors (Lipinski definition) is 0. The van der Waals surface area contributed by atoms with Crippen LogP contribution in [0.5, 0.6) is 0 Å². The quantitative estimate of drug-likeness (QED) is 0.177. The molecule has 8 aromatic carbocycles. The Morgan fingerprint density at radius 3 is 1.96 bits per heavy atom. The van der Waals surface area contributed by atoms with Crippen LogP contribution in [-0.2, 0) is 0 Å². The first-order valence-corrected chi connectivity index (χ1v) is 18.3. The van der Waals surface area contributed by atoms with E-state index in [1.165, 1.54) is 75.0 Å². The fourth-order valence-electron chi connectivity index (χ4n) is 8.02. The summed E-state index contributed by atoms with van der Waals surface area (Å²) in [7, 11) is 0. The maximum Gasteiger partial charge on any atom is 0.0547 e. The number of anilines is 3. The lowest BCUT2D eigenvalue weighted by Gasteiger charge is -2.25. The maximum atomic E-state index is 2.44. The third-order valence-electron chi connectivity index (χ3n) is 10.4. The molecule has 0 aliphatic carbocycles. The maximum absolute atomic E-state index is 2.44. The summed E-state index contributed by atoms with van der Waals surface area (Å²) in [5.41, 5.74) is 12.1. The van der Waals surface area contributed by atoms with Crippen LogP contribution in [0, 0.1) is 13.8 Å². The Morgan fingerprint density at radius 1 is 0.431 bits per heavy atom. The average Bonchev–Trinajstić information content (AvgIpc) is 3.70. The van der Waals surface area contributed by atoms with Crippen LogP contribution < -0.4 is 4.90 Å². The lowest BCUT2D eigenvalue weighted by Crippen LogP contribution is -2.09. The second kappa shape index (κ2) is 11.7. The van der Waals surface area contributed by atoms with E-state index in [0.29, 0.717) is 0 Å². The minimum Gasteiger partial charge on any atom is -0.310 e. The van der Waals surface area contributed by atoms with E-state index < -0.39 is 0 Å². The molecule has 0 radical (unpaired) electrons. The van der Waals surface area contributed by atoms with Gasteiger partial charge in [-0.15, -0.1) is 11.3 Å². The Morgan fingerprint density at radius 2 is 1.12 bits per heavy atom. The van der Waals surface area contributed by atoms with E-state index in [0.717, 1.165) is 22.7 Å². The number of thiophene rings is 1. The molecule has 10 rings (SSSR count). The van der Waals surface area contributed by atoms with Crippen molar-refractivity contribution in [2.24, 2.45) is 0 Å². The van der Waals surface area contributed by atoms with E-state index in [9.17, 15) is 0 Å². The number of aromatic nitrogens is 1. The molecule has 51 heavy (non-hydrogen) atoms. The van der Waals surface area contributed by atoms with Gasteiger partial charge in [-0.3, -0.25) is 0 Å². The van der Waals surface area contributed by atoms with Gasteiger partial charge >= 0.3 is 0 Å². The van der Waals surface area contributed by atoms with Crippen molar-refractivity contribution in [3.8, 4) is 16.8 Å². The van der Waals surface area contributed by atoms with Crippen molar-refractivity contribution in [3.05, 3.63) is 181 Å². The molecule has 3 heteroatoms. The van der Waals surface area contributed by atoms with E-state index in [1.54, 1.807) is 0 Å². The Labute approximate surface area is 301 Å². The molecule has 2 aromatic heterocycles. The lowest BCUT2D eigenvalue weighted by molar-refractivity contribution is 1.18. The summed E-state index contributed by atoms with van der Waals surface area (Å²) in [4.78, 5) is 2.40. The summed E-state index contributed by atoms with van der Waals surface area (Å²) in [5, 5.41) is 7.63. The van der Waals surface area contributed by atoms with E-state index >= 15 is 0 Å². The number of para-hydroxylation sites is 2. The predicted molar refractivity (Wildman–Crippen MR) is 221 cm³/mol. The summed E-state index contributed by atoms with van der Waals surface area (Å²) < 4.78 is 5.05. The first kappa shape index (κ1) is 29.7. The largest absolute Gasteiger partial charge is 0.310 e. The fourth-order valence-corrected chi connectivity index (χ4v) is 9.16. The van der Waals surface area contributed by atoms with Gasteiger partial charge in [0.05, 0.1) is 11.0 Å². The van der Waals surface area contributed by atoms with Gasteiger partial charge < -0.3 is 9.47 Å². The lowest BCUT2D eigenvalue weighted by atomic mass is 9.91. The van der Waals surface area contributed by atoms with Crippen LogP contribution in [0.25, 0.3) is 69.6 Å². The molecule has 0 N–H and O–H groups in total. The van der Waals surface area contributed by atoms with Gasteiger partial charge in [0.2, 0.25) is 0 Å². The molecule has 0 saturated heterocycles. The van der Waals surface area contributed by atoms with E-state index in [1.807, 2.05) is 11.3 Å². The SMILES string of the molecule is Cc1ccccc1-c1c(C)ccc2cc3c4cc(N(c5ccccc5)c5ccc6c(c5)sc5ccccc56)ccc4n(-c4ccccc4)c3cc12. The number of hydrogen-bond acceptors (Lipinski definition) is 2. The smallest absolute Gasteiger partial charge is 0.0547 e. The number of fused-ring (bicyclic) bond motifs is 7. The van der Waals surface area contributed by atoms with E-state index in [2.05, 4.69) is 193 Å². The highest BCUT2D eigenvalue weighted by molar-refractivity contribution is 7.25. The van der Waals surface area contributed by atoms with Crippen molar-refractivity contribution in [3.63, 3.8) is 0 Å². The molecular formula is C48H34N2S. The van der Waals surface area contributed by atoms with Crippen LogP contribution in [0.15, 0.2) is 170 Å². The van der Waals surface area contributed by atoms with Gasteiger partial charge in [0.15, 0.2) is 0 Å². The Hall–Kier alpha value is -6.16. The number of nitrogens with zero attached hydrogens (tertiary/aromatic N) is 2. The Balaban J connectivity index is 1.24. The van der Waals surface area contributed by atoms with Gasteiger partial charge in [0.25, 0.3) is 0 Å². The minimum atomic E-state index is 1.13. The van der Waals surface area contributed by atoms with Gasteiger partial charge in [-0.2, -0.15) is 0 Å². The predicted octanol–water partition coefficient (Wildman–Crippen LogP) is 14.1. The normalized spacial score (nSPS) is 11.7. The number of rotatable bonds is 5. The zero-order valence-electron chi connectivity index (χ0n) is 28.5. The molecule has 0 amide bonds. The summed E-state index contributed by atoms with van der Waals surface area (Å²) >= 11 is 1.86. The molecule has 0 fully saturated rings. The van der Waals surface area contributed by atoms with E-state index in [4.69, 9.17) is 0 Å². The molecule has 0 unspecified atom stereocenters. The second-order valence-electron chi connectivity index (χ2n) is 13.5. The van der Waals surface area contributed by atoms with Crippen molar-refractivity contribution in [2.45, 2.75) is 13.8 Å². The van der Waals surface area contributed by atoms with Crippen molar-refractivity contribution in [2.75, 3.05) is 4.90 Å². The average molecular weight is 671 g/mol. The summed E-state index contributed by atoms with van der Waals surface area (Å²) in [6.07, 6.45) is 0.